The molecule has 82 valence electrons. The summed E-state index contributed by atoms with van der Waals surface area (Å²) in [6, 6.07) is 1.87. The van der Waals surface area contributed by atoms with Gasteiger partial charge >= 0.3 is 0 Å². The molecular formula is C12H17ClN2. The number of halogens is 1. The van der Waals surface area contributed by atoms with Gasteiger partial charge in [-0.25, -0.2) is 0 Å². The van der Waals surface area contributed by atoms with E-state index >= 15 is 0 Å². The van der Waals surface area contributed by atoms with Gasteiger partial charge in [0.25, 0.3) is 0 Å². The Bertz CT molecular complexity index is 353. The molecule has 1 aromatic heterocycles. The smallest absolute Gasteiger partial charge is 0.0377 e. The van der Waals surface area contributed by atoms with E-state index in [1.807, 2.05) is 12.3 Å². The molecule has 1 aliphatic rings. The molecule has 0 saturated heterocycles. The predicted octanol–water partition coefficient (Wildman–Crippen LogP) is 3.00. The monoisotopic (exact) mass is 224 g/mol. The highest BCUT2D eigenvalue weighted by Crippen LogP contribution is 2.43. The summed E-state index contributed by atoms with van der Waals surface area (Å²) in [7, 11) is 0. The lowest BCUT2D eigenvalue weighted by molar-refractivity contribution is 0.335. The van der Waals surface area contributed by atoms with Crippen LogP contribution >= 0.6 is 11.6 Å². The van der Waals surface area contributed by atoms with Gasteiger partial charge in [0, 0.05) is 23.5 Å². The molecule has 0 amide bonds. The van der Waals surface area contributed by atoms with Crippen LogP contribution < -0.4 is 5.73 Å². The maximum atomic E-state index is 6.16. The van der Waals surface area contributed by atoms with Crippen molar-refractivity contribution in [2.24, 2.45) is 5.41 Å². The summed E-state index contributed by atoms with van der Waals surface area (Å²) >= 11 is 6.16. The third-order valence-corrected chi connectivity index (χ3v) is 3.71. The van der Waals surface area contributed by atoms with Crippen molar-refractivity contribution >= 4 is 17.3 Å². The van der Waals surface area contributed by atoms with Crippen molar-refractivity contribution in [2.45, 2.75) is 38.0 Å². The second-order valence-corrected chi connectivity index (χ2v) is 5.52. The first-order chi connectivity index (χ1) is 7.09. The van der Waals surface area contributed by atoms with Crippen molar-refractivity contribution in [1.29, 1.82) is 0 Å². The summed E-state index contributed by atoms with van der Waals surface area (Å²) in [5, 5.41) is 0.341. The summed E-state index contributed by atoms with van der Waals surface area (Å²) in [5.74, 6) is 0. The topological polar surface area (TPSA) is 38.9 Å². The van der Waals surface area contributed by atoms with E-state index in [4.69, 9.17) is 17.3 Å². The fraction of sp³-hybridized carbons (Fsp3) is 0.583. The number of hydrogen-bond acceptors (Lipinski definition) is 2. The number of nitrogen functional groups attached to an aromatic ring is 1. The van der Waals surface area contributed by atoms with E-state index in [1.54, 1.807) is 6.20 Å². The zero-order chi connectivity index (χ0) is 10.9. The van der Waals surface area contributed by atoms with Crippen molar-refractivity contribution in [3.8, 4) is 0 Å². The molecule has 2 rings (SSSR count). The molecule has 0 bridgehead atoms. The normalized spacial score (nSPS) is 30.7. The van der Waals surface area contributed by atoms with Crippen LogP contribution in [-0.2, 0) is 6.42 Å². The number of nitrogens with zero attached hydrogens (tertiary/aromatic N) is 1. The predicted molar refractivity (Wildman–Crippen MR) is 64.0 cm³/mol. The fourth-order valence-corrected chi connectivity index (χ4v) is 2.93. The first-order valence-corrected chi connectivity index (χ1v) is 5.85. The molecule has 2 unspecified atom stereocenters. The van der Waals surface area contributed by atoms with Gasteiger partial charge in [0.15, 0.2) is 0 Å². The van der Waals surface area contributed by atoms with Crippen LogP contribution in [0.5, 0.6) is 0 Å². The molecule has 0 spiro atoms. The number of aromatic nitrogens is 1. The summed E-state index contributed by atoms with van der Waals surface area (Å²) in [6.45, 7) is 2.29. The summed E-state index contributed by atoms with van der Waals surface area (Å²) in [6.07, 6.45) is 8.01. The van der Waals surface area contributed by atoms with Crippen LogP contribution in [0, 0.1) is 5.41 Å². The first-order valence-electron chi connectivity index (χ1n) is 5.41. The number of anilines is 1. The standard InChI is InChI=1S/C12H17ClN2/c1-12(4-2-10(13)7-12)6-9-8-15-5-3-11(9)14/h3,5,8,10H,2,4,6-7H2,1H3,(H2,14,15). The Morgan fingerprint density at radius 2 is 2.47 bits per heavy atom. The molecule has 0 radical (unpaired) electrons. The molecule has 0 aliphatic heterocycles. The van der Waals surface area contributed by atoms with Gasteiger partial charge in [-0.05, 0) is 42.7 Å². The Morgan fingerprint density at radius 1 is 1.67 bits per heavy atom. The van der Waals surface area contributed by atoms with Gasteiger partial charge < -0.3 is 5.73 Å². The molecule has 1 fully saturated rings. The van der Waals surface area contributed by atoms with Crippen LogP contribution in [0.2, 0.25) is 0 Å². The molecule has 1 heterocycles. The largest absolute Gasteiger partial charge is 0.398 e. The highest BCUT2D eigenvalue weighted by Gasteiger charge is 2.34. The minimum atomic E-state index is 0.309. The minimum Gasteiger partial charge on any atom is -0.398 e. The van der Waals surface area contributed by atoms with E-state index in [-0.39, 0.29) is 0 Å². The molecule has 1 aromatic rings. The van der Waals surface area contributed by atoms with E-state index in [1.165, 1.54) is 6.42 Å². The summed E-state index contributed by atoms with van der Waals surface area (Å²) in [4.78, 5) is 4.12. The molecule has 0 aromatic carbocycles. The lowest BCUT2D eigenvalue weighted by atomic mass is 9.82. The van der Waals surface area contributed by atoms with E-state index in [2.05, 4.69) is 11.9 Å². The zero-order valence-corrected chi connectivity index (χ0v) is 9.80. The molecule has 1 aliphatic carbocycles. The quantitative estimate of drug-likeness (QED) is 0.785. The van der Waals surface area contributed by atoms with Gasteiger partial charge in [-0.2, -0.15) is 0 Å². The first kappa shape index (κ1) is 10.7. The van der Waals surface area contributed by atoms with Crippen LogP contribution in [0.25, 0.3) is 0 Å². The van der Waals surface area contributed by atoms with Crippen molar-refractivity contribution in [2.75, 3.05) is 5.73 Å². The van der Waals surface area contributed by atoms with Gasteiger partial charge in [0.1, 0.15) is 0 Å². The van der Waals surface area contributed by atoms with Gasteiger partial charge in [0.05, 0.1) is 0 Å². The second kappa shape index (κ2) is 4.01. The number of pyridine rings is 1. The third kappa shape index (κ3) is 2.43. The number of rotatable bonds is 2. The van der Waals surface area contributed by atoms with Crippen molar-refractivity contribution < 1.29 is 0 Å². The van der Waals surface area contributed by atoms with Crippen LogP contribution in [0.15, 0.2) is 18.5 Å². The molecule has 15 heavy (non-hydrogen) atoms. The molecule has 1 saturated carbocycles. The lowest BCUT2D eigenvalue weighted by Gasteiger charge is -2.24. The number of nitrogens with two attached hydrogens (primary N) is 1. The van der Waals surface area contributed by atoms with Crippen molar-refractivity contribution in [3.63, 3.8) is 0 Å². The maximum Gasteiger partial charge on any atom is 0.0377 e. The van der Waals surface area contributed by atoms with Crippen molar-refractivity contribution in [3.05, 3.63) is 24.0 Å². The Labute approximate surface area is 95.8 Å². The average molecular weight is 225 g/mol. The number of alkyl halides is 1. The Kier molecular flexibility index (Phi) is 2.87. The lowest BCUT2D eigenvalue weighted by Crippen LogP contribution is -2.16. The Hall–Kier alpha value is -0.760. The second-order valence-electron chi connectivity index (χ2n) is 4.90. The SMILES string of the molecule is CC1(Cc2cnccc2N)CCC(Cl)C1. The summed E-state index contributed by atoms with van der Waals surface area (Å²) < 4.78 is 0. The molecule has 2 nitrogen and oxygen atoms in total. The average Bonchev–Trinajstić information content (AvgIpc) is 2.51. The van der Waals surface area contributed by atoms with Crippen LogP contribution in [0.3, 0.4) is 0 Å². The van der Waals surface area contributed by atoms with Gasteiger partial charge in [0.2, 0.25) is 0 Å². The van der Waals surface area contributed by atoms with Gasteiger partial charge in [-0.1, -0.05) is 6.92 Å². The highest BCUT2D eigenvalue weighted by molar-refractivity contribution is 6.20. The van der Waals surface area contributed by atoms with Crippen LogP contribution in [0.1, 0.15) is 31.7 Å². The van der Waals surface area contributed by atoms with Gasteiger partial charge in [-0.3, -0.25) is 4.98 Å². The van der Waals surface area contributed by atoms with Crippen molar-refractivity contribution in [1.82, 2.24) is 4.98 Å². The third-order valence-electron chi connectivity index (χ3n) is 3.33. The van der Waals surface area contributed by atoms with E-state index < -0.39 is 0 Å². The number of hydrogen-bond donors (Lipinski definition) is 1. The van der Waals surface area contributed by atoms with E-state index in [0.29, 0.717) is 10.8 Å². The molecule has 2 atom stereocenters. The zero-order valence-electron chi connectivity index (χ0n) is 9.04. The van der Waals surface area contributed by atoms with Gasteiger partial charge in [-0.15, -0.1) is 11.6 Å². The van der Waals surface area contributed by atoms with Crippen LogP contribution in [-0.4, -0.2) is 10.4 Å². The Morgan fingerprint density at radius 3 is 3.07 bits per heavy atom. The molecule has 3 heteroatoms. The van der Waals surface area contributed by atoms with Crippen LogP contribution in [0.4, 0.5) is 5.69 Å². The maximum absolute atomic E-state index is 6.16. The highest BCUT2D eigenvalue weighted by atomic mass is 35.5. The Balaban J connectivity index is 2.12. The summed E-state index contributed by atoms with van der Waals surface area (Å²) in [5.41, 5.74) is 8.24. The molecular weight excluding hydrogens is 208 g/mol. The molecule has 2 N–H and O–H groups in total. The minimum absolute atomic E-state index is 0.309. The fourth-order valence-electron chi connectivity index (χ4n) is 2.45. The van der Waals surface area contributed by atoms with E-state index in [9.17, 15) is 0 Å². The van der Waals surface area contributed by atoms with E-state index in [0.717, 1.165) is 30.5 Å².